The van der Waals surface area contributed by atoms with Crippen molar-refractivity contribution in [2.24, 2.45) is 0 Å². The first kappa shape index (κ1) is 39.2. The van der Waals surface area contributed by atoms with Crippen molar-refractivity contribution in [1.82, 2.24) is 14.5 Å². The Hall–Kier alpha value is -6.03. The second kappa shape index (κ2) is 16.3. The highest BCUT2D eigenvalue weighted by Gasteiger charge is 2.41. The molecule has 4 heterocycles. The third-order valence-corrected chi connectivity index (χ3v) is 10.0. The van der Waals surface area contributed by atoms with E-state index in [1.807, 2.05) is 51.3 Å². The summed E-state index contributed by atoms with van der Waals surface area (Å²) in [4.78, 5) is 71.2. The third-order valence-electron chi connectivity index (χ3n) is 10.0. The molecule has 0 bridgehead atoms. The number of rotatable bonds is 13. The number of nitrogens with zero attached hydrogens (tertiary/aromatic N) is 6. The van der Waals surface area contributed by atoms with Crippen molar-refractivity contribution >= 4 is 42.0 Å². The minimum atomic E-state index is -0.810. The lowest BCUT2D eigenvalue weighted by Crippen LogP contribution is -2.61. The quantitative estimate of drug-likeness (QED) is 0.186. The summed E-state index contributed by atoms with van der Waals surface area (Å²) in [5.74, 6) is -2.36. The number of fused-ring (bicyclic) bond motifs is 3. The summed E-state index contributed by atoms with van der Waals surface area (Å²) in [5, 5.41) is 21.6. The van der Waals surface area contributed by atoms with Crippen LogP contribution in [0, 0.1) is 11.3 Å². The fourth-order valence-electron chi connectivity index (χ4n) is 6.94. The first-order valence-electron chi connectivity index (χ1n) is 18.3. The first-order chi connectivity index (χ1) is 25.8. The van der Waals surface area contributed by atoms with Gasteiger partial charge in [-0.2, -0.15) is 14.4 Å². The van der Waals surface area contributed by atoms with Crippen LogP contribution in [0.15, 0.2) is 70.3 Å². The number of aromatic hydroxyl groups is 1. The van der Waals surface area contributed by atoms with Crippen molar-refractivity contribution in [2.45, 2.75) is 98.2 Å². The van der Waals surface area contributed by atoms with Gasteiger partial charge in [0.2, 0.25) is 5.91 Å². The average Bonchev–Trinajstić information content (AvgIpc) is 3.58. The van der Waals surface area contributed by atoms with E-state index >= 15 is 0 Å². The Labute approximate surface area is 314 Å². The standard InChI is InChI=1S/C41H46N6O7/c1-7-10-21-43(35(48)18-19-38(51)54-47-36(49)16-17-37(47)50)26-28-14-15-33-32(23-28)41(5,6)34-24-29(20-22-46(33)34)30(25-42)12-11-13-31-39(52)44(8-2)27(4)45(9-3)40(31)53/h11-15,20,22-24H,4,7-10,16-19,21,26H2,1-3,5-6H3/p+1/b12-11+,30-29+. The van der Waals surface area contributed by atoms with E-state index in [1.165, 1.54) is 10.6 Å². The predicted molar refractivity (Wildman–Crippen MR) is 201 cm³/mol. The molecule has 2 aromatic rings. The summed E-state index contributed by atoms with van der Waals surface area (Å²) in [6.07, 6.45) is 11.7. The van der Waals surface area contributed by atoms with Crippen molar-refractivity contribution < 1.29 is 33.7 Å². The lowest BCUT2D eigenvalue weighted by atomic mass is 9.82. The SMILES string of the molecule is C=c1n(CC)c(=O)/c(=C/C=C/C(C#N)=C2/C=CN3C(=C2)C(C)(C)c2cc(CN(CCCC)C(=O)CCC(=O)ON4C(=O)CCC4=O)ccc23)c(O)[n+]1CC. The van der Waals surface area contributed by atoms with E-state index in [1.54, 1.807) is 21.6 Å². The molecule has 0 aliphatic carbocycles. The Morgan fingerprint density at radius 1 is 1.13 bits per heavy atom. The van der Waals surface area contributed by atoms with Crippen molar-refractivity contribution in [2.75, 3.05) is 11.4 Å². The van der Waals surface area contributed by atoms with Gasteiger partial charge in [0.15, 0.2) is 0 Å². The Kier molecular flexibility index (Phi) is 11.8. The number of hydrogen-bond donors (Lipinski definition) is 1. The molecule has 1 aromatic carbocycles. The number of benzene rings is 1. The molecular formula is C41H47N6O7+. The highest BCUT2D eigenvalue weighted by Crippen LogP contribution is 2.50. The van der Waals surface area contributed by atoms with Gasteiger partial charge < -0.3 is 19.7 Å². The number of imide groups is 1. The van der Waals surface area contributed by atoms with E-state index in [2.05, 4.69) is 37.5 Å². The second-order valence-electron chi connectivity index (χ2n) is 13.9. The van der Waals surface area contributed by atoms with Gasteiger partial charge in [0.05, 0.1) is 31.2 Å². The minimum absolute atomic E-state index is 0.00248. The molecule has 3 aliphatic rings. The van der Waals surface area contributed by atoms with Crippen molar-refractivity contribution in [3.8, 4) is 11.9 Å². The largest absolute Gasteiger partial charge is 0.477 e. The number of anilines is 1. The van der Waals surface area contributed by atoms with Crippen LogP contribution < -0.4 is 25.7 Å². The molecule has 1 N–H and O–H groups in total. The molecule has 1 fully saturated rings. The van der Waals surface area contributed by atoms with Crippen LogP contribution in [0.1, 0.15) is 84.3 Å². The molecule has 54 heavy (non-hydrogen) atoms. The van der Waals surface area contributed by atoms with E-state index in [0.717, 1.165) is 35.4 Å². The number of aromatic nitrogens is 2. The van der Waals surface area contributed by atoms with Gasteiger partial charge in [0, 0.05) is 55.4 Å². The molecule has 13 nitrogen and oxygen atoms in total. The number of allylic oxidation sites excluding steroid dienone is 7. The van der Waals surface area contributed by atoms with Crippen LogP contribution in [0.5, 0.6) is 5.88 Å². The Bertz CT molecular complexity index is 2220. The summed E-state index contributed by atoms with van der Waals surface area (Å²) in [6, 6.07) is 8.35. The number of hydroxylamine groups is 2. The zero-order valence-corrected chi connectivity index (χ0v) is 31.6. The Morgan fingerprint density at radius 2 is 1.85 bits per heavy atom. The molecule has 282 valence electrons. The van der Waals surface area contributed by atoms with E-state index in [4.69, 9.17) is 4.84 Å². The van der Waals surface area contributed by atoms with Crippen LogP contribution in [-0.2, 0) is 49.1 Å². The number of hydrogen-bond acceptors (Lipinski definition) is 9. The maximum absolute atomic E-state index is 13.4. The zero-order chi connectivity index (χ0) is 39.3. The van der Waals surface area contributed by atoms with Crippen LogP contribution in [0.4, 0.5) is 5.69 Å². The molecule has 13 heteroatoms. The molecule has 0 spiro atoms. The van der Waals surface area contributed by atoms with Gasteiger partial charge in [0.25, 0.3) is 23.2 Å². The van der Waals surface area contributed by atoms with E-state index in [0.29, 0.717) is 47.9 Å². The van der Waals surface area contributed by atoms with Crippen LogP contribution in [0.3, 0.4) is 0 Å². The zero-order valence-electron chi connectivity index (χ0n) is 31.6. The van der Waals surface area contributed by atoms with Gasteiger partial charge in [0.1, 0.15) is 5.22 Å². The maximum Gasteiger partial charge on any atom is 0.348 e. The summed E-state index contributed by atoms with van der Waals surface area (Å²) < 4.78 is 3.06. The van der Waals surface area contributed by atoms with Gasteiger partial charge >= 0.3 is 11.5 Å². The van der Waals surface area contributed by atoms with E-state index in [-0.39, 0.29) is 48.2 Å². The fraction of sp³-hybridized carbons (Fsp3) is 0.390. The van der Waals surface area contributed by atoms with Gasteiger partial charge in [-0.1, -0.05) is 45.4 Å². The highest BCUT2D eigenvalue weighted by molar-refractivity contribution is 6.01. The average molecular weight is 736 g/mol. The lowest BCUT2D eigenvalue weighted by Gasteiger charge is -2.27. The summed E-state index contributed by atoms with van der Waals surface area (Å²) in [7, 11) is 0. The van der Waals surface area contributed by atoms with Gasteiger partial charge in [-0.05, 0) is 73.9 Å². The Balaban J connectivity index is 1.36. The van der Waals surface area contributed by atoms with Crippen molar-refractivity contribution in [3.05, 3.63) is 97.7 Å². The predicted octanol–water partition coefficient (Wildman–Crippen LogP) is 3.17. The number of carbonyl (C=O) groups excluding carboxylic acids is 4. The van der Waals surface area contributed by atoms with Crippen LogP contribution in [-0.4, -0.2) is 49.9 Å². The number of nitriles is 1. The van der Waals surface area contributed by atoms with Crippen molar-refractivity contribution in [1.29, 1.82) is 5.26 Å². The fourth-order valence-corrected chi connectivity index (χ4v) is 6.94. The summed E-state index contributed by atoms with van der Waals surface area (Å²) in [5.41, 5.74) is 4.55. The van der Waals surface area contributed by atoms with E-state index < -0.39 is 23.2 Å². The van der Waals surface area contributed by atoms with Crippen molar-refractivity contribution in [3.63, 3.8) is 0 Å². The number of amides is 3. The molecular weight excluding hydrogens is 688 g/mol. The maximum atomic E-state index is 13.4. The number of unbranched alkanes of at least 4 members (excludes halogenated alkanes) is 1. The summed E-state index contributed by atoms with van der Waals surface area (Å²) >= 11 is 0. The molecule has 1 aromatic heterocycles. The van der Waals surface area contributed by atoms with Gasteiger partial charge in [-0.3, -0.25) is 14.4 Å². The topological polar surface area (TPSA) is 157 Å². The normalized spacial score (nSPS) is 17.1. The summed E-state index contributed by atoms with van der Waals surface area (Å²) in [6.45, 7) is 15.5. The smallest absolute Gasteiger partial charge is 0.348 e. The molecule has 0 atom stereocenters. The molecule has 0 saturated carbocycles. The molecule has 0 unspecified atom stereocenters. The first-order valence-corrected chi connectivity index (χ1v) is 18.3. The van der Waals surface area contributed by atoms with Gasteiger partial charge in [-0.15, -0.1) is 5.06 Å². The lowest BCUT2D eigenvalue weighted by molar-refractivity contribution is -0.717. The van der Waals surface area contributed by atoms with Gasteiger partial charge in [-0.25, -0.2) is 9.59 Å². The molecule has 3 aliphatic heterocycles. The Morgan fingerprint density at radius 3 is 2.50 bits per heavy atom. The molecule has 1 saturated heterocycles. The highest BCUT2D eigenvalue weighted by atomic mass is 16.7. The third kappa shape index (κ3) is 7.69. The second-order valence-corrected chi connectivity index (χ2v) is 13.9. The molecule has 3 amide bonds. The monoisotopic (exact) mass is 735 g/mol. The van der Waals surface area contributed by atoms with Crippen LogP contribution in [0.25, 0.3) is 12.7 Å². The molecule has 5 rings (SSSR count). The van der Waals surface area contributed by atoms with Crippen LogP contribution in [0.2, 0.25) is 0 Å². The van der Waals surface area contributed by atoms with E-state index in [9.17, 15) is 34.3 Å². The number of carbonyl (C=O) groups is 4. The van der Waals surface area contributed by atoms with Crippen LogP contribution >= 0.6 is 0 Å². The minimum Gasteiger partial charge on any atom is -0.477 e. The molecule has 0 radical (unpaired) electrons.